The molecular formula is C13H9BrN4O. The maximum atomic E-state index is 12.2. The van der Waals surface area contributed by atoms with E-state index in [4.69, 9.17) is 0 Å². The van der Waals surface area contributed by atoms with Crippen LogP contribution in [0.1, 0.15) is 10.5 Å². The quantitative estimate of drug-likeness (QED) is 0.714. The van der Waals surface area contributed by atoms with Crippen molar-refractivity contribution in [3.05, 3.63) is 52.9 Å². The fourth-order valence-electron chi connectivity index (χ4n) is 1.80. The van der Waals surface area contributed by atoms with E-state index in [-0.39, 0.29) is 5.91 Å². The maximum Gasteiger partial charge on any atom is 0.276 e. The molecule has 2 heterocycles. The molecule has 0 bridgehead atoms. The normalized spacial score (nSPS) is 10.6. The number of fused-ring (bicyclic) bond motifs is 1. The highest BCUT2D eigenvalue weighted by Gasteiger charge is 2.14. The molecule has 0 saturated heterocycles. The van der Waals surface area contributed by atoms with Crippen molar-refractivity contribution >= 4 is 38.4 Å². The highest BCUT2D eigenvalue weighted by atomic mass is 79.9. The number of hydrogen-bond donors (Lipinski definition) is 2. The summed E-state index contributed by atoms with van der Waals surface area (Å²) in [4.78, 5) is 16.2. The van der Waals surface area contributed by atoms with Gasteiger partial charge < -0.3 is 5.32 Å². The number of hydrogen-bond acceptors (Lipinski definition) is 3. The number of amides is 1. The molecule has 0 spiro atoms. The highest BCUT2D eigenvalue weighted by Crippen LogP contribution is 2.21. The summed E-state index contributed by atoms with van der Waals surface area (Å²) in [6.07, 6.45) is 1.64. The first-order valence-corrected chi connectivity index (χ1v) is 6.40. The molecule has 1 aromatic carbocycles. The smallest absolute Gasteiger partial charge is 0.276 e. The third-order valence-corrected chi connectivity index (χ3v) is 3.32. The summed E-state index contributed by atoms with van der Waals surface area (Å²) in [6, 6.07) is 11.0. The molecule has 0 saturated carbocycles. The zero-order valence-corrected chi connectivity index (χ0v) is 11.3. The molecule has 2 N–H and O–H groups in total. The van der Waals surface area contributed by atoms with Crippen LogP contribution in [0.15, 0.2) is 47.2 Å². The Hall–Kier alpha value is -2.21. The number of H-pyrrole nitrogens is 1. The molecule has 19 heavy (non-hydrogen) atoms. The molecule has 1 amide bonds. The minimum absolute atomic E-state index is 0.272. The number of rotatable bonds is 2. The lowest BCUT2D eigenvalue weighted by molar-refractivity contribution is 0.102. The number of benzene rings is 1. The van der Waals surface area contributed by atoms with Crippen LogP contribution in [0.2, 0.25) is 0 Å². The maximum absolute atomic E-state index is 12.2. The van der Waals surface area contributed by atoms with E-state index >= 15 is 0 Å². The Morgan fingerprint density at radius 2 is 2.05 bits per heavy atom. The van der Waals surface area contributed by atoms with Gasteiger partial charge in [-0.1, -0.05) is 18.2 Å². The molecular weight excluding hydrogens is 308 g/mol. The van der Waals surface area contributed by atoms with E-state index in [1.165, 1.54) is 0 Å². The number of carbonyl (C=O) groups is 1. The van der Waals surface area contributed by atoms with Crippen LogP contribution in [-0.4, -0.2) is 21.1 Å². The Labute approximate surface area is 117 Å². The first-order valence-electron chi connectivity index (χ1n) is 5.60. The van der Waals surface area contributed by atoms with Gasteiger partial charge in [-0.3, -0.25) is 9.89 Å². The van der Waals surface area contributed by atoms with Crippen molar-refractivity contribution in [2.24, 2.45) is 0 Å². The third kappa shape index (κ3) is 2.22. The highest BCUT2D eigenvalue weighted by molar-refractivity contribution is 9.10. The zero-order valence-electron chi connectivity index (χ0n) is 9.72. The second-order valence-electron chi connectivity index (χ2n) is 3.91. The van der Waals surface area contributed by atoms with Crippen LogP contribution in [0, 0.1) is 0 Å². The van der Waals surface area contributed by atoms with Crippen LogP contribution in [0.3, 0.4) is 0 Å². The summed E-state index contributed by atoms with van der Waals surface area (Å²) in [6.45, 7) is 0. The van der Waals surface area contributed by atoms with Crippen molar-refractivity contribution in [2.45, 2.75) is 0 Å². The van der Waals surface area contributed by atoms with Gasteiger partial charge in [0, 0.05) is 11.6 Å². The number of nitrogens with one attached hydrogen (secondary N) is 2. The van der Waals surface area contributed by atoms with Crippen LogP contribution >= 0.6 is 15.9 Å². The first kappa shape index (κ1) is 11.9. The fourth-order valence-corrected chi connectivity index (χ4v) is 2.15. The van der Waals surface area contributed by atoms with Crippen LogP contribution in [0.4, 0.5) is 5.69 Å². The number of aromatic nitrogens is 3. The van der Waals surface area contributed by atoms with Gasteiger partial charge in [0.2, 0.25) is 0 Å². The summed E-state index contributed by atoms with van der Waals surface area (Å²) < 4.78 is 0.586. The number of para-hydroxylation sites is 1. The van der Waals surface area contributed by atoms with E-state index < -0.39 is 0 Å². The van der Waals surface area contributed by atoms with Gasteiger partial charge in [0.1, 0.15) is 4.60 Å². The van der Waals surface area contributed by atoms with E-state index in [1.807, 2.05) is 24.3 Å². The molecule has 0 radical (unpaired) electrons. The lowest BCUT2D eigenvalue weighted by Crippen LogP contribution is -2.13. The predicted molar refractivity (Wildman–Crippen MR) is 76.0 cm³/mol. The molecule has 6 heteroatoms. The molecule has 0 aliphatic heterocycles. The largest absolute Gasteiger partial charge is 0.318 e. The van der Waals surface area contributed by atoms with Gasteiger partial charge in [-0.25, -0.2) is 4.98 Å². The number of aromatic amines is 1. The predicted octanol–water partition coefficient (Wildman–Crippen LogP) is 2.97. The van der Waals surface area contributed by atoms with Crippen LogP contribution in [0.5, 0.6) is 0 Å². The molecule has 3 rings (SSSR count). The van der Waals surface area contributed by atoms with E-state index in [0.717, 1.165) is 10.9 Å². The molecule has 3 aromatic rings. The molecule has 0 aliphatic carbocycles. The van der Waals surface area contributed by atoms with Crippen molar-refractivity contribution in [1.29, 1.82) is 0 Å². The van der Waals surface area contributed by atoms with Gasteiger partial charge >= 0.3 is 0 Å². The molecule has 0 atom stereocenters. The minimum Gasteiger partial charge on any atom is -0.318 e. The Balaban J connectivity index is 1.95. The fraction of sp³-hybridized carbons (Fsp3) is 0. The number of halogens is 1. The van der Waals surface area contributed by atoms with Gasteiger partial charge in [0.05, 0.1) is 11.2 Å². The Kier molecular flexibility index (Phi) is 3.00. The van der Waals surface area contributed by atoms with Crippen LogP contribution in [-0.2, 0) is 0 Å². The molecule has 5 nitrogen and oxygen atoms in total. The summed E-state index contributed by atoms with van der Waals surface area (Å²) in [5.74, 6) is -0.272. The van der Waals surface area contributed by atoms with Crippen LogP contribution < -0.4 is 5.32 Å². The van der Waals surface area contributed by atoms with Gasteiger partial charge in [-0.05, 0) is 34.1 Å². The van der Waals surface area contributed by atoms with Crippen molar-refractivity contribution in [1.82, 2.24) is 15.2 Å². The molecule has 0 aliphatic rings. The average molecular weight is 317 g/mol. The van der Waals surface area contributed by atoms with E-state index in [9.17, 15) is 4.79 Å². The summed E-state index contributed by atoms with van der Waals surface area (Å²) >= 11 is 3.28. The Morgan fingerprint density at radius 1 is 1.21 bits per heavy atom. The lowest BCUT2D eigenvalue weighted by Gasteiger charge is -2.04. The van der Waals surface area contributed by atoms with E-state index in [0.29, 0.717) is 16.0 Å². The summed E-state index contributed by atoms with van der Waals surface area (Å²) in [7, 11) is 0. The first-order chi connectivity index (χ1) is 9.25. The van der Waals surface area contributed by atoms with Gasteiger partial charge in [0.25, 0.3) is 5.91 Å². The van der Waals surface area contributed by atoms with Gasteiger partial charge in [0.15, 0.2) is 5.69 Å². The Bertz CT molecular complexity index is 753. The molecule has 94 valence electrons. The standard InChI is InChI=1S/C13H9BrN4O/c14-12-10(6-3-7-15-12)16-13(19)11-8-4-1-2-5-9(8)17-18-11/h1-7H,(H,16,19)(H,17,18). The number of anilines is 1. The molecule has 0 unspecified atom stereocenters. The molecule has 0 fully saturated rings. The van der Waals surface area contributed by atoms with E-state index in [2.05, 4.69) is 36.4 Å². The zero-order chi connectivity index (χ0) is 13.2. The van der Waals surface area contributed by atoms with E-state index in [1.54, 1.807) is 18.3 Å². The third-order valence-electron chi connectivity index (χ3n) is 2.69. The van der Waals surface area contributed by atoms with Crippen molar-refractivity contribution in [3.63, 3.8) is 0 Å². The molecule has 2 aromatic heterocycles. The van der Waals surface area contributed by atoms with Crippen molar-refractivity contribution in [3.8, 4) is 0 Å². The SMILES string of the molecule is O=C(Nc1cccnc1Br)c1n[nH]c2ccccc12. The van der Waals surface area contributed by atoms with Gasteiger partial charge in [-0.2, -0.15) is 5.10 Å². The number of carbonyl (C=O) groups excluding carboxylic acids is 1. The van der Waals surface area contributed by atoms with Crippen molar-refractivity contribution in [2.75, 3.05) is 5.32 Å². The second kappa shape index (κ2) is 4.81. The number of nitrogens with zero attached hydrogens (tertiary/aromatic N) is 2. The van der Waals surface area contributed by atoms with Crippen LogP contribution in [0.25, 0.3) is 10.9 Å². The van der Waals surface area contributed by atoms with Gasteiger partial charge in [-0.15, -0.1) is 0 Å². The van der Waals surface area contributed by atoms with Crippen molar-refractivity contribution < 1.29 is 4.79 Å². The second-order valence-corrected chi connectivity index (χ2v) is 4.66. The average Bonchev–Trinajstić information content (AvgIpc) is 2.85. The lowest BCUT2D eigenvalue weighted by atomic mass is 10.2. The Morgan fingerprint density at radius 3 is 2.89 bits per heavy atom. The summed E-state index contributed by atoms with van der Waals surface area (Å²) in [5.41, 5.74) is 1.81. The summed E-state index contributed by atoms with van der Waals surface area (Å²) in [5, 5.41) is 10.4. The number of pyridine rings is 1. The minimum atomic E-state index is -0.272. The topological polar surface area (TPSA) is 70.7 Å². The monoisotopic (exact) mass is 316 g/mol.